The molecule has 106 valence electrons. The van der Waals surface area contributed by atoms with Gasteiger partial charge in [0, 0.05) is 16.3 Å². The summed E-state index contributed by atoms with van der Waals surface area (Å²) in [5.41, 5.74) is 0.373. The smallest absolute Gasteiger partial charge is 0.412 e. The maximum absolute atomic E-state index is 11.6. The van der Waals surface area contributed by atoms with Gasteiger partial charge in [0.15, 0.2) is 0 Å². The molecule has 0 saturated carbocycles. The van der Waals surface area contributed by atoms with Crippen LogP contribution in [0.3, 0.4) is 0 Å². The molecule has 0 aromatic heterocycles. The summed E-state index contributed by atoms with van der Waals surface area (Å²) in [6.45, 7) is 5.32. The summed E-state index contributed by atoms with van der Waals surface area (Å²) in [5, 5.41) is 12.7. The van der Waals surface area contributed by atoms with Gasteiger partial charge in [0.05, 0.1) is 12.0 Å². The Kier molecular flexibility index (Phi) is 5.47. The number of alkyl halides is 1. The van der Waals surface area contributed by atoms with E-state index in [0.29, 0.717) is 16.3 Å². The van der Waals surface area contributed by atoms with E-state index < -0.39 is 17.8 Å². The number of amides is 1. The molecule has 1 aromatic carbocycles. The monoisotopic (exact) mass is 305 g/mol. The molecule has 1 atom stereocenters. The average molecular weight is 306 g/mol. The summed E-state index contributed by atoms with van der Waals surface area (Å²) in [6.07, 6.45) is -1.45. The Morgan fingerprint density at radius 3 is 2.63 bits per heavy atom. The molecule has 0 radical (unpaired) electrons. The van der Waals surface area contributed by atoms with Gasteiger partial charge >= 0.3 is 6.09 Å². The van der Waals surface area contributed by atoms with Crippen molar-refractivity contribution in [2.75, 3.05) is 11.2 Å². The molecule has 0 spiro atoms. The Morgan fingerprint density at radius 1 is 1.47 bits per heavy atom. The van der Waals surface area contributed by atoms with Crippen molar-refractivity contribution in [2.24, 2.45) is 0 Å². The van der Waals surface area contributed by atoms with Gasteiger partial charge in [-0.05, 0) is 39.0 Å². The fourth-order valence-electron chi connectivity index (χ4n) is 1.38. The van der Waals surface area contributed by atoms with Crippen LogP contribution in [0.4, 0.5) is 10.5 Å². The van der Waals surface area contributed by atoms with Gasteiger partial charge in [-0.15, -0.1) is 11.6 Å². The number of carbonyl (C=O) groups excluding carboxylic acids is 1. The predicted octanol–water partition coefficient (Wildman–Crippen LogP) is 3.96. The van der Waals surface area contributed by atoms with E-state index in [-0.39, 0.29) is 5.88 Å². The van der Waals surface area contributed by atoms with E-state index in [4.69, 9.17) is 27.9 Å². The van der Waals surface area contributed by atoms with Crippen molar-refractivity contribution >= 4 is 35.0 Å². The van der Waals surface area contributed by atoms with Gasteiger partial charge in [-0.2, -0.15) is 0 Å². The number of benzene rings is 1. The fourth-order valence-corrected chi connectivity index (χ4v) is 1.79. The molecule has 2 N–H and O–H groups in total. The number of hydrogen-bond donors (Lipinski definition) is 2. The zero-order valence-corrected chi connectivity index (χ0v) is 12.5. The highest BCUT2D eigenvalue weighted by Gasteiger charge is 2.17. The van der Waals surface area contributed by atoms with Crippen molar-refractivity contribution in [3.63, 3.8) is 0 Å². The minimum Gasteiger partial charge on any atom is -0.444 e. The molecular formula is C13H17Cl2NO3. The van der Waals surface area contributed by atoms with Gasteiger partial charge in [-0.1, -0.05) is 11.6 Å². The molecule has 0 heterocycles. The van der Waals surface area contributed by atoms with Crippen LogP contribution in [0.15, 0.2) is 18.2 Å². The molecule has 1 unspecified atom stereocenters. The lowest BCUT2D eigenvalue weighted by molar-refractivity contribution is 0.0636. The standard InChI is InChI=1S/C13H17Cl2NO3/c1-13(2,3)19-12(18)16-8-4-5-10(15)9(6-8)11(17)7-14/h4-6,11,17H,7H2,1-3H3,(H,16,18). The lowest BCUT2D eigenvalue weighted by atomic mass is 10.1. The van der Waals surface area contributed by atoms with E-state index in [2.05, 4.69) is 5.32 Å². The number of nitrogens with one attached hydrogen (secondary N) is 1. The van der Waals surface area contributed by atoms with E-state index in [9.17, 15) is 9.90 Å². The molecule has 0 bridgehead atoms. The molecule has 6 heteroatoms. The Hall–Kier alpha value is -0.970. The third-order valence-electron chi connectivity index (χ3n) is 2.15. The van der Waals surface area contributed by atoms with Gasteiger partial charge in [-0.25, -0.2) is 4.79 Å². The minimum absolute atomic E-state index is 0.0234. The molecule has 1 aromatic rings. The summed E-state index contributed by atoms with van der Waals surface area (Å²) in [4.78, 5) is 11.6. The van der Waals surface area contributed by atoms with Gasteiger partial charge < -0.3 is 9.84 Å². The second kappa shape index (κ2) is 6.46. The van der Waals surface area contributed by atoms with Crippen molar-refractivity contribution in [2.45, 2.75) is 32.5 Å². The Morgan fingerprint density at radius 2 is 2.11 bits per heavy atom. The largest absolute Gasteiger partial charge is 0.444 e. The summed E-state index contributed by atoms with van der Waals surface area (Å²) in [7, 11) is 0. The van der Waals surface area contributed by atoms with Crippen molar-refractivity contribution in [3.05, 3.63) is 28.8 Å². The first-order chi connectivity index (χ1) is 8.73. The number of carbonyl (C=O) groups is 1. The van der Waals surface area contributed by atoms with Gasteiger partial charge in [0.1, 0.15) is 5.60 Å². The number of rotatable bonds is 3. The summed E-state index contributed by atoms with van der Waals surface area (Å²) in [5.74, 6) is 0.0234. The molecule has 0 fully saturated rings. The zero-order chi connectivity index (χ0) is 14.6. The number of ether oxygens (including phenoxy) is 1. The normalized spacial score (nSPS) is 12.9. The summed E-state index contributed by atoms with van der Waals surface area (Å²) >= 11 is 11.5. The van der Waals surface area contributed by atoms with E-state index in [1.54, 1.807) is 39.0 Å². The third-order valence-corrected chi connectivity index (χ3v) is 2.78. The van der Waals surface area contributed by atoms with Crippen molar-refractivity contribution < 1.29 is 14.6 Å². The first-order valence-electron chi connectivity index (χ1n) is 5.76. The van der Waals surface area contributed by atoms with Crippen LogP contribution in [0.25, 0.3) is 0 Å². The summed E-state index contributed by atoms with van der Waals surface area (Å²) in [6, 6.07) is 4.77. The van der Waals surface area contributed by atoms with Crippen molar-refractivity contribution in [1.82, 2.24) is 0 Å². The molecular weight excluding hydrogens is 289 g/mol. The van der Waals surface area contributed by atoms with E-state index in [1.807, 2.05) is 0 Å². The van der Waals surface area contributed by atoms with Crippen LogP contribution in [0.5, 0.6) is 0 Å². The van der Waals surface area contributed by atoms with Crippen LogP contribution < -0.4 is 5.32 Å². The molecule has 19 heavy (non-hydrogen) atoms. The fraction of sp³-hybridized carbons (Fsp3) is 0.462. The maximum Gasteiger partial charge on any atom is 0.412 e. The Bertz CT molecular complexity index is 458. The van der Waals surface area contributed by atoms with Crippen LogP contribution in [0.1, 0.15) is 32.4 Å². The van der Waals surface area contributed by atoms with E-state index >= 15 is 0 Å². The number of anilines is 1. The molecule has 0 aliphatic heterocycles. The van der Waals surface area contributed by atoms with Gasteiger partial charge in [-0.3, -0.25) is 5.32 Å². The average Bonchev–Trinajstić information content (AvgIpc) is 2.28. The quantitative estimate of drug-likeness (QED) is 0.831. The molecule has 0 aliphatic rings. The molecule has 0 aliphatic carbocycles. The van der Waals surface area contributed by atoms with Crippen LogP contribution in [0.2, 0.25) is 5.02 Å². The number of aliphatic hydroxyl groups excluding tert-OH is 1. The maximum atomic E-state index is 11.6. The Balaban J connectivity index is 2.83. The second-order valence-corrected chi connectivity index (χ2v) is 5.75. The topological polar surface area (TPSA) is 58.6 Å². The van der Waals surface area contributed by atoms with E-state index in [1.165, 1.54) is 0 Å². The SMILES string of the molecule is CC(C)(C)OC(=O)Nc1ccc(Cl)c(C(O)CCl)c1. The van der Waals surface area contributed by atoms with Gasteiger partial charge in [0.25, 0.3) is 0 Å². The lowest BCUT2D eigenvalue weighted by Crippen LogP contribution is -2.27. The predicted molar refractivity (Wildman–Crippen MR) is 77.0 cm³/mol. The van der Waals surface area contributed by atoms with E-state index in [0.717, 1.165) is 0 Å². The zero-order valence-electron chi connectivity index (χ0n) is 11.0. The second-order valence-electron chi connectivity index (χ2n) is 5.03. The van der Waals surface area contributed by atoms with Crippen molar-refractivity contribution in [3.8, 4) is 0 Å². The van der Waals surface area contributed by atoms with Crippen LogP contribution in [-0.2, 0) is 4.74 Å². The van der Waals surface area contributed by atoms with Gasteiger partial charge in [0.2, 0.25) is 0 Å². The van der Waals surface area contributed by atoms with Crippen LogP contribution >= 0.6 is 23.2 Å². The molecule has 4 nitrogen and oxygen atoms in total. The van der Waals surface area contributed by atoms with Crippen LogP contribution in [-0.4, -0.2) is 22.7 Å². The first-order valence-corrected chi connectivity index (χ1v) is 6.67. The number of aliphatic hydroxyl groups is 1. The molecule has 1 amide bonds. The van der Waals surface area contributed by atoms with Crippen molar-refractivity contribution in [1.29, 1.82) is 0 Å². The minimum atomic E-state index is -0.880. The highest BCUT2D eigenvalue weighted by atomic mass is 35.5. The third kappa shape index (κ3) is 5.27. The molecule has 1 rings (SSSR count). The summed E-state index contributed by atoms with van der Waals surface area (Å²) < 4.78 is 5.13. The Labute approximate surface area is 122 Å². The van der Waals surface area contributed by atoms with Crippen LogP contribution in [0, 0.1) is 0 Å². The first kappa shape index (κ1) is 16.1. The number of hydrogen-bond acceptors (Lipinski definition) is 3. The molecule has 0 saturated heterocycles. The highest BCUT2D eigenvalue weighted by Crippen LogP contribution is 2.27. The highest BCUT2D eigenvalue weighted by molar-refractivity contribution is 6.31. The lowest BCUT2D eigenvalue weighted by Gasteiger charge is -2.20. The number of halogens is 2.